The maximum atomic E-state index is 5.92. The van der Waals surface area contributed by atoms with E-state index in [1.807, 2.05) is 6.07 Å². The summed E-state index contributed by atoms with van der Waals surface area (Å²) in [6.45, 7) is 8.63. The minimum absolute atomic E-state index is 0.0233. The number of hydrogen-bond acceptors (Lipinski definition) is 3. The second-order valence-electron chi connectivity index (χ2n) is 5.63. The number of hydrogen-bond donors (Lipinski definition) is 2. The molecule has 3 heteroatoms. The molecule has 0 radical (unpaired) electrons. The van der Waals surface area contributed by atoms with Gasteiger partial charge in [-0.15, -0.1) is 0 Å². The molecule has 0 aliphatic rings. The van der Waals surface area contributed by atoms with Crippen LogP contribution in [0.1, 0.15) is 44.6 Å². The van der Waals surface area contributed by atoms with Gasteiger partial charge in [-0.05, 0) is 37.0 Å². The Morgan fingerprint density at radius 1 is 1.33 bits per heavy atom. The summed E-state index contributed by atoms with van der Waals surface area (Å²) in [4.78, 5) is 0. The highest BCUT2D eigenvalue weighted by atomic mass is 16.3. The first kappa shape index (κ1) is 13.1. The fourth-order valence-electron chi connectivity index (χ4n) is 2.22. The average molecular weight is 246 g/mol. The standard InChI is InChI=1S/C15H22N2O/c1-5-15(3,4)14(17-16)13-9-11-8-10(2)6-7-12(11)18-13/h6-9,14,17H,5,16H2,1-4H3. The van der Waals surface area contributed by atoms with E-state index in [-0.39, 0.29) is 11.5 Å². The molecule has 0 bridgehead atoms. The van der Waals surface area contributed by atoms with Crippen molar-refractivity contribution in [2.24, 2.45) is 11.3 Å². The molecule has 0 aliphatic carbocycles. The third-order valence-corrected chi connectivity index (χ3v) is 3.83. The molecule has 0 aliphatic heterocycles. The lowest BCUT2D eigenvalue weighted by Crippen LogP contribution is -2.37. The summed E-state index contributed by atoms with van der Waals surface area (Å²) >= 11 is 0. The van der Waals surface area contributed by atoms with Gasteiger partial charge in [0, 0.05) is 5.39 Å². The van der Waals surface area contributed by atoms with E-state index in [1.165, 1.54) is 5.56 Å². The number of benzene rings is 1. The van der Waals surface area contributed by atoms with Gasteiger partial charge >= 0.3 is 0 Å². The van der Waals surface area contributed by atoms with Crippen LogP contribution < -0.4 is 11.3 Å². The van der Waals surface area contributed by atoms with Crippen molar-refractivity contribution in [3.8, 4) is 0 Å². The second kappa shape index (κ2) is 4.75. The van der Waals surface area contributed by atoms with E-state index in [0.717, 1.165) is 23.2 Å². The molecule has 0 saturated heterocycles. The molecular weight excluding hydrogens is 224 g/mol. The fraction of sp³-hybridized carbons (Fsp3) is 0.467. The van der Waals surface area contributed by atoms with Gasteiger partial charge in [0.2, 0.25) is 0 Å². The SMILES string of the molecule is CCC(C)(C)C(NN)c1cc2cc(C)ccc2o1. The van der Waals surface area contributed by atoms with Crippen molar-refractivity contribution in [1.29, 1.82) is 0 Å². The van der Waals surface area contributed by atoms with Gasteiger partial charge in [-0.3, -0.25) is 5.84 Å². The van der Waals surface area contributed by atoms with E-state index in [4.69, 9.17) is 10.3 Å². The molecule has 98 valence electrons. The summed E-state index contributed by atoms with van der Waals surface area (Å²) in [5.74, 6) is 6.62. The van der Waals surface area contributed by atoms with Crippen LogP contribution in [-0.4, -0.2) is 0 Å². The van der Waals surface area contributed by atoms with Crippen LogP contribution in [0.3, 0.4) is 0 Å². The summed E-state index contributed by atoms with van der Waals surface area (Å²) in [6.07, 6.45) is 1.03. The number of nitrogens with two attached hydrogens (primary N) is 1. The molecule has 3 N–H and O–H groups in total. The number of furan rings is 1. The Morgan fingerprint density at radius 3 is 2.67 bits per heavy atom. The molecule has 1 atom stereocenters. The Kier molecular flexibility index (Phi) is 3.46. The molecule has 1 heterocycles. The lowest BCUT2D eigenvalue weighted by atomic mass is 9.81. The molecule has 0 spiro atoms. The number of fused-ring (bicyclic) bond motifs is 1. The van der Waals surface area contributed by atoms with Crippen molar-refractivity contribution in [3.05, 3.63) is 35.6 Å². The van der Waals surface area contributed by atoms with Crippen molar-refractivity contribution in [3.63, 3.8) is 0 Å². The highest BCUT2D eigenvalue weighted by molar-refractivity contribution is 5.78. The van der Waals surface area contributed by atoms with E-state index >= 15 is 0 Å². The van der Waals surface area contributed by atoms with Gasteiger partial charge in [0.25, 0.3) is 0 Å². The lowest BCUT2D eigenvalue weighted by Gasteiger charge is -2.31. The molecule has 3 nitrogen and oxygen atoms in total. The van der Waals surface area contributed by atoms with Crippen molar-refractivity contribution in [2.75, 3.05) is 0 Å². The van der Waals surface area contributed by atoms with Crippen LogP contribution in [0.4, 0.5) is 0 Å². The molecule has 1 aromatic heterocycles. The molecule has 1 aromatic carbocycles. The summed E-state index contributed by atoms with van der Waals surface area (Å²) in [5, 5.41) is 1.14. The molecule has 2 rings (SSSR count). The number of aryl methyl sites for hydroxylation is 1. The Bertz CT molecular complexity index is 542. The third-order valence-electron chi connectivity index (χ3n) is 3.83. The van der Waals surface area contributed by atoms with Gasteiger partial charge in [0.15, 0.2) is 0 Å². The van der Waals surface area contributed by atoms with Crippen molar-refractivity contribution in [2.45, 2.75) is 40.2 Å². The first-order valence-electron chi connectivity index (χ1n) is 6.44. The number of rotatable bonds is 4. The molecule has 0 fully saturated rings. The van der Waals surface area contributed by atoms with Gasteiger partial charge in [0.1, 0.15) is 11.3 Å². The zero-order valence-electron chi connectivity index (χ0n) is 11.6. The van der Waals surface area contributed by atoms with Crippen LogP contribution in [0.5, 0.6) is 0 Å². The van der Waals surface area contributed by atoms with Crippen LogP contribution in [0, 0.1) is 12.3 Å². The molecule has 2 aromatic rings. The largest absolute Gasteiger partial charge is 0.459 e. The monoisotopic (exact) mass is 246 g/mol. The maximum absolute atomic E-state index is 5.92. The lowest BCUT2D eigenvalue weighted by molar-refractivity contribution is 0.210. The van der Waals surface area contributed by atoms with E-state index in [0.29, 0.717) is 0 Å². The van der Waals surface area contributed by atoms with Gasteiger partial charge in [0.05, 0.1) is 6.04 Å². The topological polar surface area (TPSA) is 51.2 Å². The van der Waals surface area contributed by atoms with Crippen molar-refractivity contribution < 1.29 is 4.42 Å². The summed E-state index contributed by atoms with van der Waals surface area (Å²) in [7, 11) is 0. The van der Waals surface area contributed by atoms with Crippen molar-refractivity contribution >= 4 is 11.0 Å². The van der Waals surface area contributed by atoms with Crippen LogP contribution >= 0.6 is 0 Å². The van der Waals surface area contributed by atoms with Crippen LogP contribution in [0.15, 0.2) is 28.7 Å². The minimum Gasteiger partial charge on any atom is -0.459 e. The van der Waals surface area contributed by atoms with E-state index in [1.54, 1.807) is 0 Å². The molecule has 0 saturated carbocycles. The van der Waals surface area contributed by atoms with Crippen molar-refractivity contribution in [1.82, 2.24) is 5.43 Å². The minimum atomic E-state index is 0.0233. The Hall–Kier alpha value is -1.32. The number of hydrazine groups is 1. The van der Waals surface area contributed by atoms with Gasteiger partial charge in [-0.1, -0.05) is 32.4 Å². The number of nitrogens with one attached hydrogen (secondary N) is 1. The fourth-order valence-corrected chi connectivity index (χ4v) is 2.22. The second-order valence-corrected chi connectivity index (χ2v) is 5.63. The van der Waals surface area contributed by atoms with Gasteiger partial charge in [-0.25, -0.2) is 5.43 Å². The summed E-state index contributed by atoms with van der Waals surface area (Å²) in [6, 6.07) is 8.32. The van der Waals surface area contributed by atoms with Crippen LogP contribution in [0.25, 0.3) is 11.0 Å². The zero-order valence-corrected chi connectivity index (χ0v) is 11.6. The Balaban J connectivity index is 2.46. The smallest absolute Gasteiger partial charge is 0.134 e. The zero-order chi connectivity index (χ0) is 13.3. The molecule has 0 amide bonds. The van der Waals surface area contributed by atoms with E-state index < -0.39 is 0 Å². The predicted molar refractivity (Wildman–Crippen MR) is 75.1 cm³/mol. The third kappa shape index (κ3) is 2.28. The highest BCUT2D eigenvalue weighted by Gasteiger charge is 2.30. The molecule has 18 heavy (non-hydrogen) atoms. The first-order valence-corrected chi connectivity index (χ1v) is 6.44. The Morgan fingerprint density at radius 2 is 2.06 bits per heavy atom. The van der Waals surface area contributed by atoms with Gasteiger partial charge in [-0.2, -0.15) is 0 Å². The average Bonchev–Trinajstić information content (AvgIpc) is 2.72. The Labute approximate surface area is 108 Å². The summed E-state index contributed by atoms with van der Waals surface area (Å²) in [5.41, 5.74) is 5.10. The van der Waals surface area contributed by atoms with Crippen LogP contribution in [0.2, 0.25) is 0 Å². The van der Waals surface area contributed by atoms with E-state index in [2.05, 4.69) is 51.3 Å². The quantitative estimate of drug-likeness (QED) is 0.639. The summed E-state index contributed by atoms with van der Waals surface area (Å²) < 4.78 is 5.92. The predicted octanol–water partition coefficient (Wildman–Crippen LogP) is 3.68. The van der Waals surface area contributed by atoms with E-state index in [9.17, 15) is 0 Å². The highest BCUT2D eigenvalue weighted by Crippen LogP contribution is 2.37. The molecular formula is C15H22N2O. The first-order chi connectivity index (χ1) is 8.47. The molecule has 1 unspecified atom stereocenters. The normalized spacial score (nSPS) is 14.1. The van der Waals surface area contributed by atoms with Crippen LogP contribution in [-0.2, 0) is 0 Å². The maximum Gasteiger partial charge on any atom is 0.134 e. The van der Waals surface area contributed by atoms with Gasteiger partial charge < -0.3 is 4.42 Å².